The largest absolute Gasteiger partial charge is 0.396 e. The molecule has 1 fully saturated rings. The molecule has 1 heterocycles. The molecule has 0 aromatic heterocycles. The van der Waals surface area contributed by atoms with E-state index in [2.05, 4.69) is 6.92 Å². The average Bonchev–Trinajstić information content (AvgIpc) is 3.23. The van der Waals surface area contributed by atoms with Crippen LogP contribution in [0.2, 0.25) is 0 Å². The Kier molecular flexibility index (Phi) is 12.3. The Morgan fingerprint density at radius 2 is 1.05 bits per heavy atom. The first-order valence-electron chi connectivity index (χ1n) is 9.64. The molecule has 0 saturated carbocycles. The van der Waals surface area contributed by atoms with Gasteiger partial charge in [-0.3, -0.25) is 0 Å². The summed E-state index contributed by atoms with van der Waals surface area (Å²) in [7, 11) is 0. The number of rotatable bonds is 16. The van der Waals surface area contributed by atoms with Crippen LogP contribution in [0.4, 0.5) is 0 Å². The molecule has 0 aromatic carbocycles. The van der Waals surface area contributed by atoms with Gasteiger partial charge in [-0.1, -0.05) is 84.0 Å². The van der Waals surface area contributed by atoms with E-state index in [1.807, 2.05) is 0 Å². The van der Waals surface area contributed by atoms with Crippen LogP contribution in [-0.4, -0.2) is 23.9 Å². The van der Waals surface area contributed by atoms with E-state index < -0.39 is 0 Å². The third-order valence-corrected chi connectivity index (χ3v) is 4.68. The molecule has 0 amide bonds. The molecule has 0 radical (unpaired) electrons. The van der Waals surface area contributed by atoms with Crippen LogP contribution >= 0.6 is 0 Å². The third-order valence-electron chi connectivity index (χ3n) is 4.68. The Hall–Kier alpha value is -0.0800. The normalized spacial score (nSPS) is 20.9. The van der Waals surface area contributed by atoms with Crippen molar-refractivity contribution in [2.45, 2.75) is 115 Å². The maximum atomic E-state index is 8.69. The summed E-state index contributed by atoms with van der Waals surface area (Å²) >= 11 is 0. The lowest BCUT2D eigenvalue weighted by molar-refractivity contribution is 0.282. The number of aliphatic hydroxyl groups is 1. The van der Waals surface area contributed by atoms with Gasteiger partial charge < -0.3 is 9.84 Å². The van der Waals surface area contributed by atoms with Crippen molar-refractivity contribution in [1.29, 1.82) is 0 Å². The lowest BCUT2D eigenvalue weighted by atomic mass is 10.0. The first kappa shape index (κ1) is 19.0. The molecule has 1 rings (SSSR count). The third kappa shape index (κ3) is 11.2. The molecular weight excluding hydrogens is 260 g/mol. The predicted molar refractivity (Wildman–Crippen MR) is 90.7 cm³/mol. The van der Waals surface area contributed by atoms with Crippen LogP contribution in [0.3, 0.4) is 0 Å². The molecule has 1 aliphatic rings. The van der Waals surface area contributed by atoms with Gasteiger partial charge in [0.05, 0.1) is 12.2 Å². The summed E-state index contributed by atoms with van der Waals surface area (Å²) < 4.78 is 5.74. The highest BCUT2D eigenvalue weighted by Gasteiger charge is 2.36. The second-order valence-corrected chi connectivity index (χ2v) is 6.76. The summed E-state index contributed by atoms with van der Waals surface area (Å²) in [5.41, 5.74) is 0. The van der Waals surface area contributed by atoms with Crippen molar-refractivity contribution in [2.24, 2.45) is 0 Å². The van der Waals surface area contributed by atoms with Crippen molar-refractivity contribution in [3.05, 3.63) is 0 Å². The summed E-state index contributed by atoms with van der Waals surface area (Å²) in [6.07, 6.45) is 21.1. The van der Waals surface area contributed by atoms with Crippen molar-refractivity contribution in [1.82, 2.24) is 0 Å². The molecule has 1 aliphatic heterocycles. The number of hydrogen-bond acceptors (Lipinski definition) is 2. The lowest BCUT2D eigenvalue weighted by Crippen LogP contribution is -1.94. The standard InChI is InChI=1S/C19H38O2/c1-2-3-12-15-18-19(21-18)16-13-10-8-6-4-5-7-9-11-14-17-20/h18-20H,2-17H2,1H3. The molecule has 0 aromatic rings. The van der Waals surface area contributed by atoms with E-state index >= 15 is 0 Å². The van der Waals surface area contributed by atoms with Gasteiger partial charge in [-0.2, -0.15) is 0 Å². The average molecular weight is 299 g/mol. The topological polar surface area (TPSA) is 32.8 Å². The minimum atomic E-state index is 0.365. The van der Waals surface area contributed by atoms with E-state index in [-0.39, 0.29) is 0 Å². The molecule has 2 nitrogen and oxygen atoms in total. The number of ether oxygens (including phenoxy) is 1. The van der Waals surface area contributed by atoms with Crippen LogP contribution < -0.4 is 0 Å². The smallest absolute Gasteiger partial charge is 0.0841 e. The summed E-state index contributed by atoms with van der Waals surface area (Å²) in [6, 6.07) is 0. The fourth-order valence-corrected chi connectivity index (χ4v) is 3.15. The zero-order valence-electron chi connectivity index (χ0n) is 14.3. The van der Waals surface area contributed by atoms with E-state index in [0.717, 1.165) is 6.42 Å². The van der Waals surface area contributed by atoms with E-state index in [9.17, 15) is 0 Å². The Morgan fingerprint density at radius 1 is 0.619 bits per heavy atom. The van der Waals surface area contributed by atoms with Gasteiger partial charge in [0.1, 0.15) is 0 Å². The van der Waals surface area contributed by atoms with Gasteiger partial charge in [0.2, 0.25) is 0 Å². The van der Waals surface area contributed by atoms with Crippen LogP contribution in [0.15, 0.2) is 0 Å². The quantitative estimate of drug-likeness (QED) is 0.296. The molecule has 0 bridgehead atoms. The molecular formula is C19H38O2. The summed E-state index contributed by atoms with van der Waals surface area (Å²) in [5.74, 6) is 0. The van der Waals surface area contributed by atoms with Crippen molar-refractivity contribution in [2.75, 3.05) is 6.61 Å². The SMILES string of the molecule is CCCCCC1OC1CCCCCCCCCCCCO. The summed E-state index contributed by atoms with van der Waals surface area (Å²) in [6.45, 7) is 2.63. The Morgan fingerprint density at radius 3 is 1.52 bits per heavy atom. The fraction of sp³-hybridized carbons (Fsp3) is 1.00. The maximum absolute atomic E-state index is 8.69. The van der Waals surface area contributed by atoms with Crippen molar-refractivity contribution in [3.8, 4) is 0 Å². The van der Waals surface area contributed by atoms with Crippen molar-refractivity contribution >= 4 is 0 Å². The number of hydrogen-bond donors (Lipinski definition) is 1. The van der Waals surface area contributed by atoms with E-state index in [4.69, 9.17) is 9.84 Å². The van der Waals surface area contributed by atoms with Crippen molar-refractivity contribution < 1.29 is 9.84 Å². The van der Waals surface area contributed by atoms with Gasteiger partial charge in [-0.25, -0.2) is 0 Å². The number of epoxide rings is 1. The first-order valence-corrected chi connectivity index (χ1v) is 9.64. The second kappa shape index (κ2) is 13.6. The molecule has 2 unspecified atom stereocenters. The predicted octanol–water partition coefficient (Wildman–Crippen LogP) is 5.62. The summed E-state index contributed by atoms with van der Waals surface area (Å²) in [4.78, 5) is 0. The highest BCUT2D eigenvalue weighted by molar-refractivity contribution is 4.84. The zero-order valence-corrected chi connectivity index (χ0v) is 14.3. The van der Waals surface area contributed by atoms with Gasteiger partial charge in [0.25, 0.3) is 0 Å². The molecule has 2 heteroatoms. The van der Waals surface area contributed by atoms with Crippen LogP contribution in [0.1, 0.15) is 103 Å². The molecule has 21 heavy (non-hydrogen) atoms. The zero-order chi connectivity index (χ0) is 15.2. The first-order chi connectivity index (χ1) is 10.4. The van der Waals surface area contributed by atoms with Crippen LogP contribution in [-0.2, 0) is 4.74 Å². The summed E-state index contributed by atoms with van der Waals surface area (Å²) in [5, 5.41) is 8.69. The minimum absolute atomic E-state index is 0.365. The maximum Gasteiger partial charge on any atom is 0.0841 e. The van der Waals surface area contributed by atoms with Gasteiger partial charge >= 0.3 is 0 Å². The highest BCUT2D eigenvalue weighted by atomic mass is 16.6. The number of aliphatic hydroxyl groups excluding tert-OH is 1. The van der Waals surface area contributed by atoms with E-state index in [1.165, 1.54) is 89.9 Å². The molecule has 126 valence electrons. The van der Waals surface area contributed by atoms with Gasteiger partial charge in [-0.15, -0.1) is 0 Å². The monoisotopic (exact) mass is 298 g/mol. The molecule has 0 aliphatic carbocycles. The van der Waals surface area contributed by atoms with Crippen LogP contribution in [0, 0.1) is 0 Å². The highest BCUT2D eigenvalue weighted by Crippen LogP contribution is 2.31. The van der Waals surface area contributed by atoms with Crippen LogP contribution in [0.25, 0.3) is 0 Å². The van der Waals surface area contributed by atoms with Crippen LogP contribution in [0.5, 0.6) is 0 Å². The van der Waals surface area contributed by atoms with Gasteiger partial charge in [0, 0.05) is 6.61 Å². The molecule has 1 saturated heterocycles. The van der Waals surface area contributed by atoms with Crippen molar-refractivity contribution in [3.63, 3.8) is 0 Å². The van der Waals surface area contributed by atoms with Gasteiger partial charge in [0.15, 0.2) is 0 Å². The van der Waals surface area contributed by atoms with Gasteiger partial charge in [-0.05, 0) is 19.3 Å². The van der Waals surface area contributed by atoms with E-state index in [1.54, 1.807) is 0 Å². The lowest BCUT2D eigenvalue weighted by Gasteiger charge is -2.02. The molecule has 1 N–H and O–H groups in total. The van der Waals surface area contributed by atoms with E-state index in [0.29, 0.717) is 18.8 Å². The fourth-order valence-electron chi connectivity index (χ4n) is 3.15. The molecule has 0 spiro atoms. The second-order valence-electron chi connectivity index (χ2n) is 6.76. The number of unbranched alkanes of at least 4 members (excludes halogenated alkanes) is 11. The Labute approximate surface area is 132 Å². The minimum Gasteiger partial charge on any atom is -0.396 e. The Balaban J connectivity index is 1.70. The Bertz CT molecular complexity index is 218. The molecule has 2 atom stereocenters.